The van der Waals surface area contributed by atoms with E-state index in [0.717, 1.165) is 10.5 Å². The lowest BCUT2D eigenvalue weighted by Crippen LogP contribution is -2.43. The molecule has 1 aliphatic rings. The van der Waals surface area contributed by atoms with Gasteiger partial charge < -0.3 is 15.4 Å². The number of rotatable bonds is 7. The smallest absolute Gasteiger partial charge is 0.325 e. The first kappa shape index (κ1) is 18.9. The second-order valence-electron chi connectivity index (χ2n) is 6.57. The highest BCUT2D eigenvalue weighted by molar-refractivity contribution is 6.09. The molecule has 4 amide bonds. The number of carbonyl (C=O) groups is 3. The normalized spacial score (nSPS) is 20.1. The van der Waals surface area contributed by atoms with E-state index in [1.807, 2.05) is 24.3 Å². The molecular formula is C18H25N3O4. The number of ether oxygens (including phenoxy) is 1. The molecule has 1 fully saturated rings. The van der Waals surface area contributed by atoms with Crippen LogP contribution in [0.4, 0.5) is 4.79 Å². The van der Waals surface area contributed by atoms with E-state index < -0.39 is 23.4 Å². The summed E-state index contributed by atoms with van der Waals surface area (Å²) in [5, 5.41) is 5.30. The molecule has 25 heavy (non-hydrogen) atoms. The second-order valence-corrected chi connectivity index (χ2v) is 6.57. The van der Waals surface area contributed by atoms with Crippen LogP contribution in [0.2, 0.25) is 0 Å². The number of nitrogens with one attached hydrogen (secondary N) is 2. The molecule has 1 aromatic rings. The fourth-order valence-electron chi connectivity index (χ4n) is 2.73. The molecule has 0 radical (unpaired) electrons. The van der Waals surface area contributed by atoms with E-state index in [0.29, 0.717) is 24.6 Å². The Labute approximate surface area is 147 Å². The van der Waals surface area contributed by atoms with Crippen LogP contribution in [-0.2, 0) is 19.9 Å². The minimum atomic E-state index is -1.17. The summed E-state index contributed by atoms with van der Waals surface area (Å²) in [5.41, 5.74) is 0.676. The number of hydrogen-bond acceptors (Lipinski definition) is 4. The van der Waals surface area contributed by atoms with Gasteiger partial charge in [-0.25, -0.2) is 4.79 Å². The van der Waals surface area contributed by atoms with Gasteiger partial charge in [-0.3, -0.25) is 14.5 Å². The monoisotopic (exact) mass is 347 g/mol. The van der Waals surface area contributed by atoms with Crippen molar-refractivity contribution in [3.05, 3.63) is 35.4 Å². The highest BCUT2D eigenvalue weighted by Gasteiger charge is 2.49. The topological polar surface area (TPSA) is 87.7 Å². The van der Waals surface area contributed by atoms with Crippen LogP contribution in [0.3, 0.4) is 0 Å². The minimum Gasteiger partial charge on any atom is -0.383 e. The Balaban J connectivity index is 2.12. The maximum atomic E-state index is 12.8. The number of benzene rings is 1. The van der Waals surface area contributed by atoms with Crippen LogP contribution in [0.5, 0.6) is 0 Å². The Morgan fingerprint density at radius 3 is 2.48 bits per heavy atom. The van der Waals surface area contributed by atoms with E-state index in [1.165, 1.54) is 7.11 Å². The first-order chi connectivity index (χ1) is 11.8. The van der Waals surface area contributed by atoms with Crippen molar-refractivity contribution >= 4 is 17.8 Å². The lowest BCUT2D eigenvalue weighted by Gasteiger charge is -2.22. The van der Waals surface area contributed by atoms with Gasteiger partial charge in [-0.15, -0.1) is 0 Å². The predicted molar refractivity (Wildman–Crippen MR) is 93.0 cm³/mol. The molecule has 0 unspecified atom stereocenters. The standard InChI is InChI=1S/C18H25N3O4/c1-12(2)13-5-7-14(8-6-13)18(3)16(23)21(17(24)20-18)11-15(22)19-9-10-25-4/h5-8,12H,9-11H2,1-4H3,(H,19,22)(H,20,24)/t18-/m1/s1. The molecule has 2 rings (SSSR count). The first-order valence-electron chi connectivity index (χ1n) is 8.29. The third-order valence-corrected chi connectivity index (χ3v) is 4.36. The summed E-state index contributed by atoms with van der Waals surface area (Å²) < 4.78 is 4.85. The number of nitrogens with zero attached hydrogens (tertiary/aromatic N) is 1. The Hall–Kier alpha value is -2.41. The molecule has 0 saturated carbocycles. The Kier molecular flexibility index (Phi) is 5.79. The van der Waals surface area contributed by atoms with E-state index in [9.17, 15) is 14.4 Å². The number of imide groups is 1. The van der Waals surface area contributed by atoms with Gasteiger partial charge in [0.25, 0.3) is 5.91 Å². The van der Waals surface area contributed by atoms with Crippen LogP contribution < -0.4 is 10.6 Å². The molecule has 0 spiro atoms. The van der Waals surface area contributed by atoms with Gasteiger partial charge >= 0.3 is 6.03 Å². The van der Waals surface area contributed by atoms with Gasteiger partial charge in [-0.1, -0.05) is 38.1 Å². The maximum Gasteiger partial charge on any atom is 0.325 e. The molecule has 1 aromatic carbocycles. The lowest BCUT2D eigenvalue weighted by molar-refractivity contribution is -0.134. The molecule has 1 saturated heterocycles. The van der Waals surface area contributed by atoms with Crippen molar-refractivity contribution in [3.63, 3.8) is 0 Å². The molecular weight excluding hydrogens is 322 g/mol. The van der Waals surface area contributed by atoms with Gasteiger partial charge in [0, 0.05) is 13.7 Å². The van der Waals surface area contributed by atoms with Gasteiger partial charge in [-0.2, -0.15) is 0 Å². The fourth-order valence-corrected chi connectivity index (χ4v) is 2.73. The van der Waals surface area contributed by atoms with E-state index in [-0.39, 0.29) is 6.54 Å². The largest absolute Gasteiger partial charge is 0.383 e. The summed E-state index contributed by atoms with van der Waals surface area (Å²) in [6, 6.07) is 7.02. The molecule has 136 valence electrons. The summed E-state index contributed by atoms with van der Waals surface area (Å²) in [5.74, 6) is -0.459. The van der Waals surface area contributed by atoms with Crippen LogP contribution in [0.1, 0.15) is 37.8 Å². The average Bonchev–Trinajstić information content (AvgIpc) is 2.79. The number of urea groups is 1. The van der Waals surface area contributed by atoms with Crippen molar-refractivity contribution in [3.8, 4) is 0 Å². The van der Waals surface area contributed by atoms with Gasteiger partial charge in [0.2, 0.25) is 5.91 Å². The van der Waals surface area contributed by atoms with Gasteiger partial charge in [-0.05, 0) is 24.0 Å². The maximum absolute atomic E-state index is 12.8. The zero-order valence-electron chi connectivity index (χ0n) is 15.1. The Bertz CT molecular complexity index is 657. The molecule has 1 heterocycles. The van der Waals surface area contributed by atoms with Gasteiger partial charge in [0.15, 0.2) is 0 Å². The molecule has 7 heteroatoms. The highest BCUT2D eigenvalue weighted by atomic mass is 16.5. The number of carbonyl (C=O) groups excluding carboxylic acids is 3. The van der Waals surface area contributed by atoms with Crippen molar-refractivity contribution in [1.29, 1.82) is 0 Å². The molecule has 1 atom stereocenters. The summed E-state index contributed by atoms with van der Waals surface area (Å²) >= 11 is 0. The zero-order valence-corrected chi connectivity index (χ0v) is 15.1. The molecule has 2 N–H and O–H groups in total. The third kappa shape index (κ3) is 3.99. The number of hydrogen-bond donors (Lipinski definition) is 2. The van der Waals surface area contributed by atoms with Crippen LogP contribution in [0.15, 0.2) is 24.3 Å². The first-order valence-corrected chi connectivity index (χ1v) is 8.29. The SMILES string of the molecule is COCCNC(=O)CN1C(=O)N[C@](C)(c2ccc(C(C)C)cc2)C1=O. The molecule has 0 bridgehead atoms. The zero-order chi connectivity index (χ0) is 18.6. The summed E-state index contributed by atoms with van der Waals surface area (Å²) in [6.07, 6.45) is 0. The van der Waals surface area contributed by atoms with Crippen LogP contribution >= 0.6 is 0 Å². The average molecular weight is 347 g/mol. The molecule has 0 aliphatic carbocycles. The highest BCUT2D eigenvalue weighted by Crippen LogP contribution is 2.29. The van der Waals surface area contributed by atoms with E-state index >= 15 is 0 Å². The quantitative estimate of drug-likeness (QED) is 0.575. The van der Waals surface area contributed by atoms with E-state index in [1.54, 1.807) is 6.92 Å². The number of amides is 4. The molecule has 1 aliphatic heterocycles. The van der Waals surface area contributed by atoms with Crippen molar-refractivity contribution in [2.24, 2.45) is 0 Å². The van der Waals surface area contributed by atoms with Gasteiger partial charge in [0.1, 0.15) is 12.1 Å². The predicted octanol–water partition coefficient (Wildman–Crippen LogP) is 1.34. The minimum absolute atomic E-state index is 0.311. The number of methoxy groups -OCH3 is 1. The van der Waals surface area contributed by atoms with E-state index in [2.05, 4.69) is 24.5 Å². The Morgan fingerprint density at radius 1 is 1.28 bits per heavy atom. The summed E-state index contributed by atoms with van der Waals surface area (Å²) in [4.78, 5) is 37.8. The Morgan fingerprint density at radius 2 is 1.92 bits per heavy atom. The van der Waals surface area contributed by atoms with Crippen LogP contribution in [0, 0.1) is 0 Å². The van der Waals surface area contributed by atoms with Crippen molar-refractivity contribution in [2.75, 3.05) is 26.8 Å². The second kappa shape index (κ2) is 7.65. The summed E-state index contributed by atoms with van der Waals surface area (Å²) in [6.45, 7) is 6.21. The van der Waals surface area contributed by atoms with Crippen molar-refractivity contribution in [1.82, 2.24) is 15.5 Å². The molecule has 0 aromatic heterocycles. The third-order valence-electron chi connectivity index (χ3n) is 4.36. The van der Waals surface area contributed by atoms with Crippen LogP contribution in [0.25, 0.3) is 0 Å². The van der Waals surface area contributed by atoms with Crippen LogP contribution in [-0.4, -0.2) is 49.6 Å². The lowest BCUT2D eigenvalue weighted by atomic mass is 9.90. The fraction of sp³-hybridized carbons (Fsp3) is 0.500. The molecule has 7 nitrogen and oxygen atoms in total. The van der Waals surface area contributed by atoms with Gasteiger partial charge in [0.05, 0.1) is 6.61 Å². The van der Waals surface area contributed by atoms with Crippen molar-refractivity contribution < 1.29 is 19.1 Å². The van der Waals surface area contributed by atoms with Crippen molar-refractivity contribution in [2.45, 2.75) is 32.2 Å². The van der Waals surface area contributed by atoms with E-state index in [4.69, 9.17) is 4.74 Å². The summed E-state index contributed by atoms with van der Waals surface area (Å²) in [7, 11) is 1.53.